The lowest BCUT2D eigenvalue weighted by Gasteiger charge is -2.37. The Hall–Kier alpha value is -2.60. The molecule has 0 aliphatic carbocycles. The number of carbonyl (C=O) groups excluding carboxylic acids is 1. The van der Waals surface area contributed by atoms with Crippen LogP contribution in [0.4, 0.5) is 11.4 Å². The highest BCUT2D eigenvalue weighted by Crippen LogP contribution is 2.35. The molecule has 0 saturated heterocycles. The van der Waals surface area contributed by atoms with Gasteiger partial charge in [-0.1, -0.05) is 29.8 Å². The summed E-state index contributed by atoms with van der Waals surface area (Å²) in [6.07, 6.45) is -0.474. The lowest BCUT2D eigenvalue weighted by atomic mass is 10.0. The Labute approximate surface area is 137 Å². The van der Waals surface area contributed by atoms with Crippen LogP contribution in [-0.4, -0.2) is 22.3 Å². The lowest BCUT2D eigenvalue weighted by molar-refractivity contribution is -0.384. The number of nitro benzene ring substituents is 1. The van der Waals surface area contributed by atoms with Crippen molar-refractivity contribution >= 4 is 28.9 Å². The maximum absolute atomic E-state index is 12.6. The number of halogens is 1. The van der Waals surface area contributed by atoms with Gasteiger partial charge in [-0.2, -0.15) is 0 Å². The van der Waals surface area contributed by atoms with Gasteiger partial charge in [0.1, 0.15) is 11.2 Å². The van der Waals surface area contributed by atoms with E-state index in [0.29, 0.717) is 23.4 Å². The second-order valence-electron chi connectivity index (χ2n) is 5.15. The summed E-state index contributed by atoms with van der Waals surface area (Å²) in [5, 5.41) is 14.4. The maximum atomic E-state index is 12.6. The molecule has 0 aromatic heterocycles. The summed E-state index contributed by atoms with van der Waals surface area (Å²) >= 11 is 5.87. The summed E-state index contributed by atoms with van der Waals surface area (Å²) in [7, 11) is 0. The molecule has 2 aromatic carbocycles. The number of carbonyl (C=O) groups is 1. The number of para-hydroxylation sites is 1. The zero-order chi connectivity index (χ0) is 16.6. The van der Waals surface area contributed by atoms with Gasteiger partial charge in [0.05, 0.1) is 10.5 Å². The van der Waals surface area contributed by atoms with E-state index in [1.54, 1.807) is 23.1 Å². The molecule has 1 atom stereocenters. The first-order chi connectivity index (χ1) is 11.0. The number of anilines is 1. The van der Waals surface area contributed by atoms with Gasteiger partial charge in [-0.05, 0) is 25.1 Å². The van der Waals surface area contributed by atoms with Gasteiger partial charge in [0.25, 0.3) is 11.6 Å². The van der Waals surface area contributed by atoms with Crippen LogP contribution >= 0.6 is 11.6 Å². The van der Waals surface area contributed by atoms with E-state index in [2.05, 4.69) is 5.32 Å². The molecular formula is C16H14ClN3O3. The number of nitrogens with one attached hydrogen (secondary N) is 1. The van der Waals surface area contributed by atoms with E-state index >= 15 is 0 Å². The van der Waals surface area contributed by atoms with Crippen LogP contribution < -0.4 is 5.32 Å². The quantitative estimate of drug-likeness (QED) is 0.685. The fourth-order valence-corrected chi connectivity index (χ4v) is 2.91. The zero-order valence-electron chi connectivity index (χ0n) is 12.3. The van der Waals surface area contributed by atoms with Crippen LogP contribution in [0.25, 0.3) is 0 Å². The molecule has 3 rings (SSSR count). The number of rotatable bonds is 3. The highest BCUT2D eigenvalue weighted by Gasteiger charge is 2.32. The average Bonchev–Trinajstić information content (AvgIpc) is 2.55. The molecule has 7 heteroatoms. The third kappa shape index (κ3) is 2.61. The second-order valence-corrected chi connectivity index (χ2v) is 5.56. The molecule has 0 radical (unpaired) electrons. The van der Waals surface area contributed by atoms with Crippen molar-refractivity contribution in [3.05, 3.63) is 68.7 Å². The standard InChI is InChI=1S/C16H14ClN3O3/c1-2-19-15(10-7-8-12(17)14(9-10)20(22)23)18-13-6-4-3-5-11(13)16(19)21/h3-9,15,18H,2H2,1H3. The molecular weight excluding hydrogens is 318 g/mol. The van der Waals surface area contributed by atoms with Crippen molar-refractivity contribution in [1.82, 2.24) is 4.90 Å². The minimum Gasteiger partial charge on any atom is -0.361 e. The van der Waals surface area contributed by atoms with E-state index in [0.717, 1.165) is 0 Å². The van der Waals surface area contributed by atoms with Gasteiger partial charge in [-0.25, -0.2) is 0 Å². The minimum absolute atomic E-state index is 0.0735. The number of hydrogen-bond acceptors (Lipinski definition) is 4. The van der Waals surface area contributed by atoms with Crippen LogP contribution in [0.1, 0.15) is 29.0 Å². The first-order valence-electron chi connectivity index (χ1n) is 7.13. The summed E-state index contributed by atoms with van der Waals surface area (Å²) in [5.74, 6) is -0.107. The van der Waals surface area contributed by atoms with Crippen molar-refractivity contribution in [2.24, 2.45) is 0 Å². The largest absolute Gasteiger partial charge is 0.361 e. The molecule has 0 bridgehead atoms. The van der Waals surface area contributed by atoms with Gasteiger partial charge >= 0.3 is 0 Å². The van der Waals surface area contributed by atoms with Crippen LogP contribution in [0.5, 0.6) is 0 Å². The Morgan fingerprint density at radius 2 is 2.04 bits per heavy atom. The average molecular weight is 332 g/mol. The maximum Gasteiger partial charge on any atom is 0.288 e. The minimum atomic E-state index is -0.527. The SMILES string of the molecule is CCN1C(=O)c2ccccc2NC1c1ccc(Cl)c([N+](=O)[O-])c1. The van der Waals surface area contributed by atoms with Crippen LogP contribution in [0, 0.1) is 10.1 Å². The van der Waals surface area contributed by atoms with Gasteiger partial charge < -0.3 is 10.2 Å². The van der Waals surface area contributed by atoms with Crippen molar-refractivity contribution in [3.8, 4) is 0 Å². The highest BCUT2D eigenvalue weighted by atomic mass is 35.5. The highest BCUT2D eigenvalue weighted by molar-refractivity contribution is 6.32. The van der Waals surface area contributed by atoms with Gasteiger partial charge in [-0.3, -0.25) is 14.9 Å². The molecule has 1 aliphatic rings. The molecule has 1 heterocycles. The summed E-state index contributed by atoms with van der Waals surface area (Å²) in [4.78, 5) is 24.8. The van der Waals surface area contributed by atoms with E-state index in [4.69, 9.17) is 11.6 Å². The topological polar surface area (TPSA) is 75.5 Å². The summed E-state index contributed by atoms with van der Waals surface area (Å²) in [6.45, 7) is 2.34. The van der Waals surface area contributed by atoms with Crippen molar-refractivity contribution < 1.29 is 9.72 Å². The van der Waals surface area contributed by atoms with Crippen LogP contribution in [0.15, 0.2) is 42.5 Å². The van der Waals surface area contributed by atoms with E-state index < -0.39 is 11.1 Å². The first kappa shape index (κ1) is 15.3. The normalized spacial score (nSPS) is 16.7. The number of amides is 1. The van der Waals surface area contributed by atoms with Gasteiger partial charge in [-0.15, -0.1) is 0 Å². The van der Waals surface area contributed by atoms with E-state index in [1.165, 1.54) is 12.1 Å². The number of nitrogens with zero attached hydrogens (tertiary/aromatic N) is 2. The summed E-state index contributed by atoms with van der Waals surface area (Å²) in [6, 6.07) is 11.8. The van der Waals surface area contributed by atoms with E-state index in [1.807, 2.05) is 19.1 Å². The van der Waals surface area contributed by atoms with E-state index in [-0.39, 0.29) is 16.6 Å². The molecule has 118 valence electrons. The number of nitro groups is 1. The van der Waals surface area contributed by atoms with Crippen molar-refractivity contribution in [2.75, 3.05) is 11.9 Å². The zero-order valence-corrected chi connectivity index (χ0v) is 13.1. The smallest absolute Gasteiger partial charge is 0.288 e. The number of hydrogen-bond donors (Lipinski definition) is 1. The van der Waals surface area contributed by atoms with E-state index in [9.17, 15) is 14.9 Å². The lowest BCUT2D eigenvalue weighted by Crippen LogP contribution is -2.42. The Morgan fingerprint density at radius 3 is 2.74 bits per heavy atom. The second kappa shape index (κ2) is 5.89. The number of fused-ring (bicyclic) bond motifs is 1. The molecule has 2 aromatic rings. The molecule has 1 unspecified atom stereocenters. The molecule has 0 saturated carbocycles. The molecule has 1 aliphatic heterocycles. The fourth-order valence-electron chi connectivity index (χ4n) is 2.72. The third-order valence-corrected chi connectivity index (χ3v) is 4.17. The molecule has 0 fully saturated rings. The molecule has 6 nitrogen and oxygen atoms in total. The predicted molar refractivity (Wildman–Crippen MR) is 87.6 cm³/mol. The Kier molecular flexibility index (Phi) is 3.92. The van der Waals surface area contributed by atoms with Gasteiger partial charge in [0.15, 0.2) is 0 Å². The Bertz CT molecular complexity index is 794. The fraction of sp³-hybridized carbons (Fsp3) is 0.188. The third-order valence-electron chi connectivity index (χ3n) is 3.85. The summed E-state index contributed by atoms with van der Waals surface area (Å²) < 4.78 is 0. The van der Waals surface area contributed by atoms with Gasteiger partial charge in [0, 0.05) is 23.9 Å². The molecule has 1 amide bonds. The monoisotopic (exact) mass is 331 g/mol. The first-order valence-corrected chi connectivity index (χ1v) is 7.51. The summed E-state index contributed by atoms with van der Waals surface area (Å²) in [5.41, 5.74) is 1.75. The Balaban J connectivity index is 2.07. The van der Waals surface area contributed by atoms with Crippen LogP contribution in [0.3, 0.4) is 0 Å². The molecule has 1 N–H and O–H groups in total. The van der Waals surface area contributed by atoms with Crippen LogP contribution in [0.2, 0.25) is 5.02 Å². The van der Waals surface area contributed by atoms with Crippen molar-refractivity contribution in [2.45, 2.75) is 13.1 Å². The van der Waals surface area contributed by atoms with Crippen molar-refractivity contribution in [1.29, 1.82) is 0 Å². The Morgan fingerprint density at radius 1 is 1.30 bits per heavy atom. The predicted octanol–water partition coefficient (Wildman–Crippen LogP) is 3.83. The van der Waals surface area contributed by atoms with Crippen LogP contribution in [-0.2, 0) is 0 Å². The molecule has 0 spiro atoms. The van der Waals surface area contributed by atoms with Gasteiger partial charge in [0.2, 0.25) is 0 Å². The van der Waals surface area contributed by atoms with Crippen molar-refractivity contribution in [3.63, 3.8) is 0 Å². The number of benzene rings is 2. The molecule has 23 heavy (non-hydrogen) atoms.